The molecule has 1 N–H and O–H groups in total. The van der Waals surface area contributed by atoms with Crippen LogP contribution >= 0.6 is 0 Å². The Morgan fingerprint density at radius 2 is 1.94 bits per heavy atom. The summed E-state index contributed by atoms with van der Waals surface area (Å²) in [5, 5.41) is 8.62. The van der Waals surface area contributed by atoms with Crippen LogP contribution in [0.5, 0.6) is 0 Å². The minimum atomic E-state index is -3.45. The second kappa shape index (κ2) is 5.80. The normalized spacial score (nSPS) is 13.0. The lowest BCUT2D eigenvalue weighted by molar-refractivity contribution is 0.528. The van der Waals surface area contributed by atoms with Gasteiger partial charge in [-0.25, -0.2) is 13.1 Å². The van der Waals surface area contributed by atoms with Crippen LogP contribution in [-0.4, -0.2) is 15.0 Å². The van der Waals surface area contributed by atoms with Crippen LogP contribution in [0.1, 0.15) is 25.8 Å². The Balaban J connectivity index is 2.79. The van der Waals surface area contributed by atoms with Crippen molar-refractivity contribution >= 4 is 10.0 Å². The molecule has 0 saturated heterocycles. The van der Waals surface area contributed by atoms with E-state index >= 15 is 0 Å². The number of sulfonamides is 1. The second-order valence-electron chi connectivity index (χ2n) is 4.00. The Morgan fingerprint density at radius 1 is 1.35 bits per heavy atom. The van der Waals surface area contributed by atoms with E-state index in [0.717, 1.165) is 6.42 Å². The van der Waals surface area contributed by atoms with Crippen LogP contribution in [0.15, 0.2) is 29.2 Å². The fourth-order valence-electron chi connectivity index (χ4n) is 1.19. The van der Waals surface area contributed by atoms with Gasteiger partial charge in [0.25, 0.3) is 0 Å². The van der Waals surface area contributed by atoms with Gasteiger partial charge in [-0.1, -0.05) is 20.3 Å². The number of nitrogens with zero attached hydrogens (tertiary/aromatic N) is 1. The highest BCUT2D eigenvalue weighted by molar-refractivity contribution is 7.89. The van der Waals surface area contributed by atoms with E-state index in [1.807, 2.05) is 19.9 Å². The van der Waals surface area contributed by atoms with E-state index in [1.165, 1.54) is 24.3 Å². The predicted molar refractivity (Wildman–Crippen MR) is 65.8 cm³/mol. The lowest BCUT2D eigenvalue weighted by Crippen LogP contribution is -2.28. The van der Waals surface area contributed by atoms with Crippen LogP contribution in [0.2, 0.25) is 0 Å². The molecule has 0 heterocycles. The van der Waals surface area contributed by atoms with Crippen molar-refractivity contribution in [1.29, 1.82) is 5.26 Å². The molecule has 0 amide bonds. The van der Waals surface area contributed by atoms with Gasteiger partial charge in [0.2, 0.25) is 10.0 Å². The van der Waals surface area contributed by atoms with Gasteiger partial charge >= 0.3 is 0 Å². The molecule has 4 nitrogen and oxygen atoms in total. The molecule has 0 aliphatic carbocycles. The molecule has 92 valence electrons. The summed E-state index contributed by atoms with van der Waals surface area (Å²) in [6.07, 6.45) is 0.926. The molecule has 0 aromatic heterocycles. The fraction of sp³-hybridized carbons (Fsp3) is 0.417. The van der Waals surface area contributed by atoms with Gasteiger partial charge in [-0.3, -0.25) is 0 Å². The SMILES string of the molecule is CCC(C)CNS(=O)(=O)c1ccc(C#N)cc1. The maximum absolute atomic E-state index is 11.9. The van der Waals surface area contributed by atoms with E-state index in [1.54, 1.807) is 0 Å². The minimum Gasteiger partial charge on any atom is -0.211 e. The zero-order valence-corrected chi connectivity index (χ0v) is 10.8. The first-order valence-corrected chi connectivity index (χ1v) is 6.97. The number of rotatable bonds is 5. The zero-order valence-electron chi connectivity index (χ0n) is 9.97. The van der Waals surface area contributed by atoms with Crippen LogP contribution < -0.4 is 4.72 Å². The van der Waals surface area contributed by atoms with Crippen molar-refractivity contribution in [2.75, 3.05) is 6.54 Å². The van der Waals surface area contributed by atoms with Gasteiger partial charge in [-0.15, -0.1) is 0 Å². The van der Waals surface area contributed by atoms with Crippen LogP contribution in [0, 0.1) is 17.2 Å². The lowest BCUT2D eigenvalue weighted by Gasteiger charge is -2.10. The number of nitrogens with one attached hydrogen (secondary N) is 1. The average molecular weight is 252 g/mol. The van der Waals surface area contributed by atoms with Crippen LogP contribution in [-0.2, 0) is 10.0 Å². The van der Waals surface area contributed by atoms with Gasteiger partial charge in [0.1, 0.15) is 0 Å². The van der Waals surface area contributed by atoms with Crippen molar-refractivity contribution in [3.63, 3.8) is 0 Å². The third kappa shape index (κ3) is 3.84. The van der Waals surface area contributed by atoms with Crippen LogP contribution in [0.4, 0.5) is 0 Å². The molecule has 1 atom stereocenters. The van der Waals surface area contributed by atoms with Gasteiger partial charge < -0.3 is 0 Å². The lowest BCUT2D eigenvalue weighted by atomic mass is 10.1. The largest absolute Gasteiger partial charge is 0.240 e. The van der Waals surface area contributed by atoms with Crippen molar-refractivity contribution in [1.82, 2.24) is 4.72 Å². The summed E-state index contributed by atoms with van der Waals surface area (Å²) >= 11 is 0. The number of hydrogen-bond donors (Lipinski definition) is 1. The fourth-order valence-corrected chi connectivity index (χ4v) is 2.35. The minimum absolute atomic E-state index is 0.194. The Hall–Kier alpha value is -1.38. The van der Waals surface area contributed by atoms with Crippen molar-refractivity contribution in [3.8, 4) is 6.07 Å². The van der Waals surface area contributed by atoms with Gasteiger partial charge in [0.15, 0.2) is 0 Å². The number of benzene rings is 1. The van der Waals surface area contributed by atoms with E-state index in [4.69, 9.17) is 5.26 Å². The third-order valence-corrected chi connectivity index (χ3v) is 4.05. The van der Waals surface area contributed by atoms with Gasteiger partial charge in [0.05, 0.1) is 16.5 Å². The summed E-state index contributed by atoms with van der Waals surface area (Å²) in [6, 6.07) is 7.83. The van der Waals surface area contributed by atoms with Gasteiger partial charge in [-0.2, -0.15) is 5.26 Å². The summed E-state index contributed by atoms with van der Waals surface area (Å²) in [5.41, 5.74) is 0.450. The Bertz CT molecular complexity index is 500. The maximum atomic E-state index is 11.9. The molecule has 0 radical (unpaired) electrons. The summed E-state index contributed by atoms with van der Waals surface area (Å²) < 4.78 is 26.3. The summed E-state index contributed by atoms with van der Waals surface area (Å²) in [4.78, 5) is 0.194. The van der Waals surface area contributed by atoms with Gasteiger partial charge in [0, 0.05) is 6.54 Å². The van der Waals surface area contributed by atoms with Crippen molar-refractivity contribution in [2.45, 2.75) is 25.2 Å². The Morgan fingerprint density at radius 3 is 2.41 bits per heavy atom. The molecule has 1 rings (SSSR count). The highest BCUT2D eigenvalue weighted by Gasteiger charge is 2.14. The van der Waals surface area contributed by atoms with E-state index < -0.39 is 10.0 Å². The Labute approximate surface area is 102 Å². The summed E-state index contributed by atoms with van der Waals surface area (Å²) in [5.74, 6) is 0.308. The smallest absolute Gasteiger partial charge is 0.211 e. The first kappa shape index (κ1) is 13.7. The van der Waals surface area contributed by atoms with Crippen molar-refractivity contribution in [3.05, 3.63) is 29.8 Å². The van der Waals surface area contributed by atoms with Crippen LogP contribution in [0.3, 0.4) is 0 Å². The van der Waals surface area contributed by atoms with Crippen LogP contribution in [0.25, 0.3) is 0 Å². The molecular weight excluding hydrogens is 236 g/mol. The van der Waals surface area contributed by atoms with Gasteiger partial charge in [-0.05, 0) is 30.2 Å². The molecule has 0 spiro atoms. The monoisotopic (exact) mass is 252 g/mol. The standard InChI is InChI=1S/C12H16N2O2S/c1-3-10(2)9-14-17(15,16)12-6-4-11(8-13)5-7-12/h4-7,10,14H,3,9H2,1-2H3. The molecule has 0 aliphatic heterocycles. The molecule has 0 bridgehead atoms. The topological polar surface area (TPSA) is 70.0 Å². The summed E-state index contributed by atoms with van der Waals surface area (Å²) in [6.45, 7) is 4.43. The number of hydrogen-bond acceptors (Lipinski definition) is 3. The highest BCUT2D eigenvalue weighted by Crippen LogP contribution is 2.10. The molecule has 17 heavy (non-hydrogen) atoms. The molecule has 0 saturated carbocycles. The molecule has 0 aliphatic rings. The molecule has 1 aromatic rings. The quantitative estimate of drug-likeness (QED) is 0.869. The molecular formula is C12H16N2O2S. The average Bonchev–Trinajstić information content (AvgIpc) is 2.36. The van der Waals surface area contributed by atoms with E-state index in [2.05, 4.69) is 4.72 Å². The van der Waals surface area contributed by atoms with Crippen molar-refractivity contribution < 1.29 is 8.42 Å². The first-order chi connectivity index (χ1) is 7.99. The highest BCUT2D eigenvalue weighted by atomic mass is 32.2. The molecule has 1 aromatic carbocycles. The predicted octanol–water partition coefficient (Wildman–Crippen LogP) is 1.88. The molecule has 5 heteroatoms. The zero-order chi connectivity index (χ0) is 12.9. The van der Waals surface area contributed by atoms with E-state index in [9.17, 15) is 8.42 Å². The summed E-state index contributed by atoms with van der Waals surface area (Å²) in [7, 11) is -3.45. The molecule has 0 fully saturated rings. The third-order valence-electron chi connectivity index (χ3n) is 2.61. The Kier molecular flexibility index (Phi) is 4.67. The first-order valence-electron chi connectivity index (χ1n) is 5.49. The maximum Gasteiger partial charge on any atom is 0.240 e. The number of nitriles is 1. The van der Waals surface area contributed by atoms with E-state index in [0.29, 0.717) is 18.0 Å². The molecule has 1 unspecified atom stereocenters. The second-order valence-corrected chi connectivity index (χ2v) is 5.77. The van der Waals surface area contributed by atoms with Crippen molar-refractivity contribution in [2.24, 2.45) is 5.92 Å². The van der Waals surface area contributed by atoms with E-state index in [-0.39, 0.29) is 4.90 Å².